The first-order valence-corrected chi connectivity index (χ1v) is 3.78. The second-order valence-electron chi connectivity index (χ2n) is 2.95. The third-order valence-electron chi connectivity index (χ3n) is 1.71. The fraction of sp³-hybridized carbons (Fsp3) is 0.333. The minimum Gasteiger partial charge on any atom is -0.207 e. The molecule has 0 aliphatic carbocycles. The highest BCUT2D eigenvalue weighted by Crippen LogP contribution is 2.23. The van der Waals surface area contributed by atoms with Crippen LogP contribution >= 0.6 is 0 Å². The molecule has 0 unspecified atom stereocenters. The molecule has 1 aromatic rings. The molecule has 0 bridgehead atoms. The Labute approximate surface area is 70.4 Å². The topological polar surface area (TPSA) is 29.4 Å². The molecule has 0 atom stereocenters. The SMILES string of the molecule is CC(C)c1cc(N=O)ccc1F. The average molecular weight is 167 g/mol. The van der Waals surface area contributed by atoms with Crippen LogP contribution in [0, 0.1) is 10.7 Å². The van der Waals surface area contributed by atoms with Crippen molar-refractivity contribution in [2.45, 2.75) is 19.8 Å². The highest BCUT2D eigenvalue weighted by molar-refractivity contribution is 5.41. The average Bonchev–Trinajstić information content (AvgIpc) is 2.05. The molecule has 64 valence electrons. The molecule has 1 aromatic carbocycles. The summed E-state index contributed by atoms with van der Waals surface area (Å²) in [6, 6.07) is 4.12. The highest BCUT2D eigenvalue weighted by Gasteiger charge is 2.06. The number of hydrogen-bond acceptors (Lipinski definition) is 2. The van der Waals surface area contributed by atoms with Crippen LogP contribution in [-0.4, -0.2) is 0 Å². The molecule has 0 radical (unpaired) electrons. The van der Waals surface area contributed by atoms with Gasteiger partial charge in [0.1, 0.15) is 11.5 Å². The summed E-state index contributed by atoms with van der Waals surface area (Å²) >= 11 is 0. The third kappa shape index (κ3) is 1.67. The first-order chi connectivity index (χ1) is 5.65. The monoisotopic (exact) mass is 167 g/mol. The standard InChI is InChI=1S/C9H10FNO/c1-6(2)8-5-7(11-12)3-4-9(8)10/h3-6H,1-2H3. The lowest BCUT2D eigenvalue weighted by atomic mass is 10.0. The predicted molar refractivity (Wildman–Crippen MR) is 45.9 cm³/mol. The number of halogens is 1. The molecule has 12 heavy (non-hydrogen) atoms. The van der Waals surface area contributed by atoms with Gasteiger partial charge in [-0.2, -0.15) is 0 Å². The lowest BCUT2D eigenvalue weighted by Gasteiger charge is -2.05. The molecule has 3 heteroatoms. The lowest BCUT2D eigenvalue weighted by molar-refractivity contribution is 0.598. The van der Waals surface area contributed by atoms with E-state index in [1.165, 1.54) is 18.2 Å². The van der Waals surface area contributed by atoms with E-state index in [1.54, 1.807) is 0 Å². The maximum absolute atomic E-state index is 13.0. The van der Waals surface area contributed by atoms with Crippen LogP contribution < -0.4 is 0 Å². The molecule has 0 aliphatic heterocycles. The van der Waals surface area contributed by atoms with Crippen molar-refractivity contribution in [3.8, 4) is 0 Å². The van der Waals surface area contributed by atoms with Crippen molar-refractivity contribution in [2.75, 3.05) is 0 Å². The number of nitrogens with zero attached hydrogens (tertiary/aromatic N) is 1. The summed E-state index contributed by atoms with van der Waals surface area (Å²) in [5.41, 5.74) is 0.812. The Hall–Kier alpha value is -1.25. The predicted octanol–water partition coefficient (Wildman–Crippen LogP) is 3.35. The van der Waals surface area contributed by atoms with Gasteiger partial charge in [-0.15, -0.1) is 4.91 Å². The molecule has 0 N–H and O–H groups in total. The Bertz CT molecular complexity index is 297. The first kappa shape index (κ1) is 8.84. The minimum atomic E-state index is -0.280. The fourth-order valence-electron chi connectivity index (χ4n) is 1.03. The summed E-state index contributed by atoms with van der Waals surface area (Å²) in [4.78, 5) is 10.1. The zero-order chi connectivity index (χ0) is 9.14. The molecule has 0 amide bonds. The van der Waals surface area contributed by atoms with E-state index in [4.69, 9.17) is 0 Å². The van der Waals surface area contributed by atoms with E-state index in [0.717, 1.165) is 0 Å². The molecular weight excluding hydrogens is 157 g/mol. The molecule has 0 saturated carbocycles. The highest BCUT2D eigenvalue weighted by atomic mass is 19.1. The zero-order valence-corrected chi connectivity index (χ0v) is 7.04. The summed E-state index contributed by atoms with van der Waals surface area (Å²) in [6.07, 6.45) is 0. The summed E-state index contributed by atoms with van der Waals surface area (Å²) in [5.74, 6) is -0.205. The second kappa shape index (κ2) is 3.43. The summed E-state index contributed by atoms with van der Waals surface area (Å²) in [6.45, 7) is 3.74. The van der Waals surface area contributed by atoms with Crippen LogP contribution in [0.4, 0.5) is 10.1 Å². The van der Waals surface area contributed by atoms with E-state index in [-0.39, 0.29) is 17.4 Å². The largest absolute Gasteiger partial charge is 0.207 e. The van der Waals surface area contributed by atoms with Crippen LogP contribution in [0.25, 0.3) is 0 Å². The quantitative estimate of drug-likeness (QED) is 0.621. The van der Waals surface area contributed by atoms with Gasteiger partial charge in [0.05, 0.1) is 0 Å². The lowest BCUT2D eigenvalue weighted by Crippen LogP contribution is -1.91. The van der Waals surface area contributed by atoms with Crippen molar-refractivity contribution < 1.29 is 4.39 Å². The van der Waals surface area contributed by atoms with Gasteiger partial charge in [0.15, 0.2) is 0 Å². The molecule has 0 heterocycles. The summed E-state index contributed by atoms with van der Waals surface area (Å²) in [5, 5.41) is 2.74. The van der Waals surface area contributed by atoms with Crippen LogP contribution in [0.2, 0.25) is 0 Å². The van der Waals surface area contributed by atoms with Gasteiger partial charge in [0, 0.05) is 0 Å². The van der Waals surface area contributed by atoms with Crippen LogP contribution in [0.5, 0.6) is 0 Å². The van der Waals surface area contributed by atoms with E-state index >= 15 is 0 Å². The van der Waals surface area contributed by atoms with Crippen LogP contribution in [0.15, 0.2) is 23.4 Å². The van der Waals surface area contributed by atoms with Crippen molar-refractivity contribution in [1.29, 1.82) is 0 Å². The van der Waals surface area contributed by atoms with Gasteiger partial charge in [-0.05, 0) is 34.9 Å². The normalized spacial score (nSPS) is 10.3. The molecule has 0 spiro atoms. The maximum atomic E-state index is 13.0. The van der Waals surface area contributed by atoms with E-state index < -0.39 is 0 Å². The van der Waals surface area contributed by atoms with Crippen molar-refractivity contribution in [3.05, 3.63) is 34.5 Å². The second-order valence-corrected chi connectivity index (χ2v) is 2.95. The maximum Gasteiger partial charge on any atom is 0.126 e. The van der Waals surface area contributed by atoms with Gasteiger partial charge in [0.25, 0.3) is 0 Å². The Kier molecular flexibility index (Phi) is 2.53. The molecule has 2 nitrogen and oxygen atoms in total. The summed E-state index contributed by atoms with van der Waals surface area (Å²) in [7, 11) is 0. The van der Waals surface area contributed by atoms with E-state index in [2.05, 4.69) is 5.18 Å². The molecule has 1 rings (SSSR count). The smallest absolute Gasteiger partial charge is 0.126 e. The molecule has 0 aromatic heterocycles. The number of nitroso groups, excluding NO2 is 1. The Balaban J connectivity index is 3.16. The number of rotatable bonds is 2. The molecule has 0 fully saturated rings. The number of hydrogen-bond donors (Lipinski definition) is 0. The van der Waals surface area contributed by atoms with Gasteiger partial charge in [-0.3, -0.25) is 0 Å². The van der Waals surface area contributed by atoms with Crippen molar-refractivity contribution in [2.24, 2.45) is 5.18 Å². The van der Waals surface area contributed by atoms with Crippen molar-refractivity contribution >= 4 is 5.69 Å². The Morgan fingerprint density at radius 1 is 1.42 bits per heavy atom. The Morgan fingerprint density at radius 3 is 2.58 bits per heavy atom. The summed E-state index contributed by atoms with van der Waals surface area (Å²) < 4.78 is 13.0. The van der Waals surface area contributed by atoms with Gasteiger partial charge in [-0.25, -0.2) is 4.39 Å². The zero-order valence-electron chi connectivity index (χ0n) is 7.04. The van der Waals surface area contributed by atoms with E-state index in [0.29, 0.717) is 5.56 Å². The van der Waals surface area contributed by atoms with Crippen LogP contribution in [0.1, 0.15) is 25.3 Å². The van der Waals surface area contributed by atoms with E-state index in [1.807, 2.05) is 13.8 Å². The third-order valence-corrected chi connectivity index (χ3v) is 1.71. The first-order valence-electron chi connectivity index (χ1n) is 3.78. The molecule has 0 aliphatic rings. The van der Waals surface area contributed by atoms with Crippen molar-refractivity contribution in [1.82, 2.24) is 0 Å². The van der Waals surface area contributed by atoms with Gasteiger partial charge >= 0.3 is 0 Å². The van der Waals surface area contributed by atoms with E-state index in [9.17, 15) is 9.30 Å². The van der Waals surface area contributed by atoms with Gasteiger partial charge in [-0.1, -0.05) is 13.8 Å². The van der Waals surface area contributed by atoms with Crippen LogP contribution in [-0.2, 0) is 0 Å². The molecule has 0 saturated heterocycles. The van der Waals surface area contributed by atoms with Crippen LogP contribution in [0.3, 0.4) is 0 Å². The van der Waals surface area contributed by atoms with Gasteiger partial charge < -0.3 is 0 Å². The minimum absolute atomic E-state index is 0.0756. The van der Waals surface area contributed by atoms with Crippen molar-refractivity contribution in [3.63, 3.8) is 0 Å². The fourth-order valence-corrected chi connectivity index (χ4v) is 1.03. The Morgan fingerprint density at radius 2 is 2.08 bits per heavy atom. The number of benzene rings is 1. The molecular formula is C9H10FNO. The van der Waals surface area contributed by atoms with Gasteiger partial charge in [0.2, 0.25) is 0 Å².